The predicted molar refractivity (Wildman–Crippen MR) is 106 cm³/mol. The Balaban J connectivity index is 2.13. The molecule has 0 spiro atoms. The third-order valence-corrected chi connectivity index (χ3v) is 5.25. The molecule has 0 radical (unpaired) electrons. The zero-order valence-corrected chi connectivity index (χ0v) is 17.1. The maximum atomic E-state index is 13.3. The van der Waals surface area contributed by atoms with Gasteiger partial charge in [0.15, 0.2) is 11.0 Å². The molecule has 30 heavy (non-hydrogen) atoms. The summed E-state index contributed by atoms with van der Waals surface area (Å²) in [6, 6.07) is 11.7. The van der Waals surface area contributed by atoms with Crippen LogP contribution in [0, 0.1) is 0 Å². The van der Waals surface area contributed by atoms with Crippen molar-refractivity contribution in [2.45, 2.75) is 23.5 Å². The first kappa shape index (κ1) is 21.7. The number of halogens is 3. The Labute approximate surface area is 175 Å². The van der Waals surface area contributed by atoms with Gasteiger partial charge in [-0.05, 0) is 49.4 Å². The molecule has 0 N–H and O–H groups in total. The van der Waals surface area contributed by atoms with Gasteiger partial charge in [0.05, 0.1) is 25.5 Å². The number of carbonyl (C=O) groups excluding carboxylic acids is 1. The Morgan fingerprint density at radius 2 is 1.80 bits per heavy atom. The van der Waals surface area contributed by atoms with Gasteiger partial charge in [0.25, 0.3) is 0 Å². The molecule has 0 amide bonds. The minimum atomic E-state index is -4.50. The molecule has 158 valence electrons. The van der Waals surface area contributed by atoms with Crippen molar-refractivity contribution in [1.29, 1.82) is 0 Å². The molecule has 1 unspecified atom stereocenters. The van der Waals surface area contributed by atoms with E-state index in [9.17, 15) is 18.0 Å². The summed E-state index contributed by atoms with van der Waals surface area (Å²) in [4.78, 5) is 11.8. The number of alkyl halides is 3. The van der Waals surface area contributed by atoms with E-state index < -0.39 is 23.0 Å². The van der Waals surface area contributed by atoms with Crippen molar-refractivity contribution in [2.24, 2.45) is 0 Å². The number of methoxy groups -OCH3 is 2. The molecule has 0 fully saturated rings. The van der Waals surface area contributed by atoms with Crippen molar-refractivity contribution in [2.75, 3.05) is 14.2 Å². The van der Waals surface area contributed by atoms with Crippen LogP contribution >= 0.6 is 11.8 Å². The normalized spacial score (nSPS) is 12.5. The number of hydrogen-bond donors (Lipinski definition) is 0. The molecule has 0 saturated heterocycles. The summed E-state index contributed by atoms with van der Waals surface area (Å²) in [6.07, 6.45) is -4.50. The highest BCUT2D eigenvalue weighted by molar-refractivity contribution is 8.00. The van der Waals surface area contributed by atoms with Gasteiger partial charge in [-0.1, -0.05) is 17.8 Å². The maximum Gasteiger partial charge on any atom is 0.416 e. The lowest BCUT2D eigenvalue weighted by Crippen LogP contribution is -2.15. The Bertz CT molecular complexity index is 1040. The van der Waals surface area contributed by atoms with Crippen molar-refractivity contribution < 1.29 is 27.4 Å². The smallest absolute Gasteiger partial charge is 0.416 e. The molecular weight excluding hydrogens is 419 g/mol. The number of benzene rings is 2. The van der Waals surface area contributed by atoms with E-state index in [1.165, 1.54) is 30.9 Å². The highest BCUT2D eigenvalue weighted by atomic mass is 32.2. The first-order valence-corrected chi connectivity index (χ1v) is 9.64. The lowest BCUT2D eigenvalue weighted by atomic mass is 10.1. The zero-order chi connectivity index (χ0) is 21.9. The van der Waals surface area contributed by atoms with Gasteiger partial charge < -0.3 is 9.47 Å². The largest absolute Gasteiger partial charge is 0.497 e. The highest BCUT2D eigenvalue weighted by Crippen LogP contribution is 2.34. The number of rotatable bonds is 6. The first-order chi connectivity index (χ1) is 14.2. The van der Waals surface area contributed by atoms with Crippen LogP contribution in [-0.2, 0) is 15.7 Å². The van der Waals surface area contributed by atoms with Crippen LogP contribution in [0.3, 0.4) is 0 Å². The molecule has 1 heterocycles. The predicted octanol–water partition coefficient (Wildman–Crippen LogP) is 4.62. The summed E-state index contributed by atoms with van der Waals surface area (Å²) >= 11 is 1.04. The number of hydrogen-bond acceptors (Lipinski definition) is 6. The quantitative estimate of drug-likeness (QED) is 0.414. The third-order valence-electron chi connectivity index (χ3n) is 4.23. The van der Waals surface area contributed by atoms with Crippen LogP contribution in [0.15, 0.2) is 53.7 Å². The maximum absolute atomic E-state index is 13.3. The van der Waals surface area contributed by atoms with Gasteiger partial charge >= 0.3 is 12.1 Å². The van der Waals surface area contributed by atoms with E-state index in [0.29, 0.717) is 17.1 Å². The fraction of sp³-hybridized carbons (Fsp3) is 0.250. The number of thioether (sulfide) groups is 1. The molecule has 0 aliphatic carbocycles. The van der Waals surface area contributed by atoms with E-state index >= 15 is 0 Å². The Morgan fingerprint density at radius 3 is 2.40 bits per heavy atom. The molecule has 6 nitrogen and oxygen atoms in total. The van der Waals surface area contributed by atoms with Gasteiger partial charge in [0.2, 0.25) is 0 Å². The summed E-state index contributed by atoms with van der Waals surface area (Å²) in [7, 11) is 2.79. The second kappa shape index (κ2) is 8.78. The van der Waals surface area contributed by atoms with Crippen molar-refractivity contribution >= 4 is 17.7 Å². The van der Waals surface area contributed by atoms with Crippen LogP contribution in [0.5, 0.6) is 5.75 Å². The van der Waals surface area contributed by atoms with E-state index in [1.807, 2.05) is 0 Å². The minimum Gasteiger partial charge on any atom is -0.497 e. The number of esters is 1. The summed E-state index contributed by atoms with van der Waals surface area (Å²) in [5.74, 6) is 0.471. The van der Waals surface area contributed by atoms with Crippen LogP contribution in [0.4, 0.5) is 13.2 Å². The third kappa shape index (κ3) is 4.59. The lowest BCUT2D eigenvalue weighted by Gasteiger charge is -2.14. The summed E-state index contributed by atoms with van der Waals surface area (Å²) in [5.41, 5.74) is 0.0461. The standard InChI is InChI=1S/C20H18F3N3O3S/c1-12(18(27)29-3)30-19-25-24-17(13-7-9-16(28-2)10-8-13)26(19)15-6-4-5-14(11-15)20(21,22)23/h4-12H,1-3H3. The topological polar surface area (TPSA) is 66.2 Å². The van der Waals surface area contributed by atoms with Crippen molar-refractivity contribution in [3.63, 3.8) is 0 Å². The second-order valence-corrected chi connectivity index (χ2v) is 7.51. The van der Waals surface area contributed by atoms with Gasteiger partial charge in [-0.15, -0.1) is 10.2 Å². The van der Waals surface area contributed by atoms with Gasteiger partial charge in [0, 0.05) is 5.56 Å². The molecule has 0 bridgehead atoms. The average molecular weight is 437 g/mol. The molecule has 3 rings (SSSR count). The molecule has 0 aliphatic rings. The number of carbonyl (C=O) groups is 1. The Hall–Kier alpha value is -3.01. The van der Waals surface area contributed by atoms with E-state index in [-0.39, 0.29) is 10.8 Å². The molecular formula is C20H18F3N3O3S. The van der Waals surface area contributed by atoms with E-state index in [2.05, 4.69) is 10.2 Å². The molecule has 1 aromatic heterocycles. The number of nitrogens with zero attached hydrogens (tertiary/aromatic N) is 3. The van der Waals surface area contributed by atoms with Crippen molar-refractivity contribution in [3.05, 3.63) is 54.1 Å². The van der Waals surface area contributed by atoms with E-state index in [0.717, 1.165) is 23.9 Å². The molecule has 10 heteroatoms. The number of ether oxygens (including phenoxy) is 2. The summed E-state index contributed by atoms with van der Waals surface area (Å²) in [6.45, 7) is 1.62. The SMILES string of the molecule is COC(=O)C(C)Sc1nnc(-c2ccc(OC)cc2)n1-c1cccc(C(F)(F)F)c1. The Morgan fingerprint density at radius 1 is 1.10 bits per heavy atom. The van der Waals surface area contributed by atoms with Gasteiger partial charge in [-0.25, -0.2) is 0 Å². The van der Waals surface area contributed by atoms with Crippen LogP contribution < -0.4 is 4.74 Å². The van der Waals surface area contributed by atoms with Crippen LogP contribution in [0.1, 0.15) is 12.5 Å². The monoisotopic (exact) mass is 437 g/mol. The van der Waals surface area contributed by atoms with Crippen LogP contribution in [0.2, 0.25) is 0 Å². The molecule has 1 atom stereocenters. The lowest BCUT2D eigenvalue weighted by molar-refractivity contribution is -0.139. The molecule has 0 saturated carbocycles. The second-order valence-electron chi connectivity index (χ2n) is 6.20. The molecule has 2 aromatic carbocycles. The van der Waals surface area contributed by atoms with Crippen LogP contribution in [0.25, 0.3) is 17.1 Å². The fourth-order valence-corrected chi connectivity index (χ4v) is 3.59. The van der Waals surface area contributed by atoms with Gasteiger partial charge in [-0.2, -0.15) is 13.2 Å². The van der Waals surface area contributed by atoms with Crippen molar-refractivity contribution in [3.8, 4) is 22.8 Å². The average Bonchev–Trinajstić information content (AvgIpc) is 3.16. The summed E-state index contributed by atoms with van der Waals surface area (Å²) < 4.78 is 51.1. The highest BCUT2D eigenvalue weighted by Gasteiger charge is 2.31. The van der Waals surface area contributed by atoms with Gasteiger partial charge in [0.1, 0.15) is 11.0 Å². The summed E-state index contributed by atoms with van der Waals surface area (Å²) in [5, 5.41) is 7.91. The number of aromatic nitrogens is 3. The van der Waals surface area contributed by atoms with E-state index in [1.54, 1.807) is 31.2 Å². The fourth-order valence-electron chi connectivity index (χ4n) is 2.70. The van der Waals surface area contributed by atoms with E-state index in [4.69, 9.17) is 9.47 Å². The van der Waals surface area contributed by atoms with Crippen LogP contribution in [-0.4, -0.2) is 40.2 Å². The van der Waals surface area contributed by atoms with Gasteiger partial charge in [-0.3, -0.25) is 9.36 Å². The Kier molecular flexibility index (Phi) is 6.35. The first-order valence-electron chi connectivity index (χ1n) is 8.76. The van der Waals surface area contributed by atoms with Crippen molar-refractivity contribution in [1.82, 2.24) is 14.8 Å². The molecule has 3 aromatic rings. The zero-order valence-electron chi connectivity index (χ0n) is 16.3. The molecule has 0 aliphatic heterocycles. The minimum absolute atomic E-state index is 0.222.